The van der Waals surface area contributed by atoms with Crippen LogP contribution >= 0.6 is 0 Å². The largest absolute Gasteiger partial charge is 0.494 e. The molecule has 0 spiro atoms. The highest BCUT2D eigenvalue weighted by Crippen LogP contribution is 2.21. The molecule has 0 saturated carbocycles. The van der Waals surface area contributed by atoms with Crippen LogP contribution in [0.15, 0.2) is 36.4 Å². The normalized spacial score (nSPS) is 10.2. The number of halogens is 2. The molecule has 1 amide bonds. The van der Waals surface area contributed by atoms with Crippen LogP contribution in [0.4, 0.5) is 14.5 Å². The maximum atomic E-state index is 13.5. The molecule has 1 N–H and O–H groups in total. The molecule has 104 valence electrons. The van der Waals surface area contributed by atoms with Crippen molar-refractivity contribution >= 4 is 11.6 Å². The van der Waals surface area contributed by atoms with E-state index in [-0.39, 0.29) is 5.75 Å². The Morgan fingerprint density at radius 2 is 1.90 bits per heavy atom. The summed E-state index contributed by atoms with van der Waals surface area (Å²) in [5.74, 6) is -1.30. The van der Waals surface area contributed by atoms with Gasteiger partial charge in [-0.25, -0.2) is 8.78 Å². The fourth-order valence-corrected chi connectivity index (χ4v) is 1.82. The monoisotopic (exact) mass is 277 g/mol. The van der Waals surface area contributed by atoms with Gasteiger partial charge in [-0.1, -0.05) is 0 Å². The second-order valence-corrected chi connectivity index (χ2v) is 4.26. The lowest BCUT2D eigenvalue weighted by Crippen LogP contribution is -2.13. The van der Waals surface area contributed by atoms with Crippen molar-refractivity contribution in [1.82, 2.24) is 0 Å². The first-order valence-electron chi connectivity index (χ1n) is 5.92. The zero-order valence-corrected chi connectivity index (χ0v) is 11.0. The molecule has 5 heteroatoms. The standard InChI is InChI=1S/C15H13F2NO2/c1-9-7-10(16)3-5-12(9)15(19)18-11-4-6-14(20-2)13(17)8-11/h3-8H,1-2H3,(H,18,19). The maximum Gasteiger partial charge on any atom is 0.255 e. The second-order valence-electron chi connectivity index (χ2n) is 4.26. The first kappa shape index (κ1) is 14.0. The highest BCUT2D eigenvalue weighted by atomic mass is 19.1. The molecule has 0 fully saturated rings. The van der Waals surface area contributed by atoms with Crippen LogP contribution in [0.2, 0.25) is 0 Å². The van der Waals surface area contributed by atoms with E-state index in [1.165, 1.54) is 37.4 Å². The maximum absolute atomic E-state index is 13.5. The van der Waals surface area contributed by atoms with Crippen molar-refractivity contribution in [3.8, 4) is 5.75 Å². The van der Waals surface area contributed by atoms with E-state index in [1.807, 2.05) is 0 Å². The van der Waals surface area contributed by atoms with Crippen LogP contribution in [-0.4, -0.2) is 13.0 Å². The fraction of sp³-hybridized carbons (Fsp3) is 0.133. The molecule has 0 bridgehead atoms. The van der Waals surface area contributed by atoms with E-state index < -0.39 is 17.5 Å². The average molecular weight is 277 g/mol. The Kier molecular flexibility index (Phi) is 3.98. The van der Waals surface area contributed by atoms with Gasteiger partial charge in [0.2, 0.25) is 0 Å². The molecule has 0 atom stereocenters. The molecular weight excluding hydrogens is 264 g/mol. The lowest BCUT2D eigenvalue weighted by molar-refractivity contribution is 0.102. The molecule has 0 aliphatic rings. The molecule has 0 aromatic heterocycles. The quantitative estimate of drug-likeness (QED) is 0.932. The van der Waals surface area contributed by atoms with Gasteiger partial charge < -0.3 is 10.1 Å². The minimum absolute atomic E-state index is 0.0981. The highest BCUT2D eigenvalue weighted by molar-refractivity contribution is 6.05. The van der Waals surface area contributed by atoms with Crippen molar-refractivity contribution in [3.05, 3.63) is 59.2 Å². The van der Waals surface area contributed by atoms with Crippen molar-refractivity contribution in [1.29, 1.82) is 0 Å². The van der Waals surface area contributed by atoms with Crippen LogP contribution in [0, 0.1) is 18.6 Å². The SMILES string of the molecule is COc1ccc(NC(=O)c2ccc(F)cc2C)cc1F. The van der Waals surface area contributed by atoms with E-state index in [4.69, 9.17) is 4.74 Å². The second kappa shape index (κ2) is 5.69. The Bertz CT molecular complexity index is 656. The smallest absolute Gasteiger partial charge is 0.255 e. The molecule has 0 radical (unpaired) electrons. The third-order valence-corrected chi connectivity index (χ3v) is 2.84. The van der Waals surface area contributed by atoms with E-state index in [9.17, 15) is 13.6 Å². The Morgan fingerprint density at radius 1 is 1.15 bits per heavy atom. The van der Waals surface area contributed by atoms with Crippen LogP contribution in [0.25, 0.3) is 0 Å². The lowest BCUT2D eigenvalue weighted by atomic mass is 10.1. The molecule has 3 nitrogen and oxygen atoms in total. The van der Waals surface area contributed by atoms with E-state index in [2.05, 4.69) is 5.32 Å². The van der Waals surface area contributed by atoms with Crippen LogP contribution in [0.1, 0.15) is 15.9 Å². The summed E-state index contributed by atoms with van der Waals surface area (Å²) in [6.07, 6.45) is 0. The molecule has 0 saturated heterocycles. The van der Waals surface area contributed by atoms with E-state index in [1.54, 1.807) is 6.92 Å². The number of benzene rings is 2. The molecule has 0 aliphatic heterocycles. The van der Waals surface area contributed by atoms with Gasteiger partial charge in [-0.05, 0) is 42.8 Å². The van der Waals surface area contributed by atoms with Gasteiger partial charge in [-0.15, -0.1) is 0 Å². The van der Waals surface area contributed by atoms with Crippen LogP contribution in [0.3, 0.4) is 0 Å². The number of rotatable bonds is 3. The summed E-state index contributed by atoms with van der Waals surface area (Å²) >= 11 is 0. The van der Waals surface area contributed by atoms with Gasteiger partial charge in [0.1, 0.15) is 5.82 Å². The van der Waals surface area contributed by atoms with Crippen molar-refractivity contribution < 1.29 is 18.3 Å². The third-order valence-electron chi connectivity index (χ3n) is 2.84. The summed E-state index contributed by atoms with van der Waals surface area (Å²) in [5.41, 5.74) is 1.15. The number of aryl methyl sites for hydroxylation is 1. The summed E-state index contributed by atoms with van der Waals surface area (Å²) in [5, 5.41) is 2.55. The number of nitrogens with one attached hydrogen (secondary N) is 1. The summed E-state index contributed by atoms with van der Waals surface area (Å²) in [7, 11) is 1.36. The van der Waals surface area contributed by atoms with Gasteiger partial charge in [0, 0.05) is 17.3 Å². The number of ether oxygens (including phenoxy) is 1. The Labute approximate surface area is 115 Å². The Hall–Kier alpha value is -2.43. The number of carbonyl (C=O) groups excluding carboxylic acids is 1. The third kappa shape index (κ3) is 2.93. The minimum Gasteiger partial charge on any atom is -0.494 e. The molecule has 2 rings (SSSR count). The number of hydrogen-bond donors (Lipinski definition) is 1. The van der Waals surface area contributed by atoms with Crippen molar-refractivity contribution in [2.75, 3.05) is 12.4 Å². The van der Waals surface area contributed by atoms with Gasteiger partial charge in [-0.3, -0.25) is 4.79 Å². The Balaban J connectivity index is 2.21. The lowest BCUT2D eigenvalue weighted by Gasteiger charge is -2.09. The van der Waals surface area contributed by atoms with E-state index in [0.717, 1.165) is 6.07 Å². The van der Waals surface area contributed by atoms with Gasteiger partial charge >= 0.3 is 0 Å². The van der Waals surface area contributed by atoms with Crippen molar-refractivity contribution in [2.45, 2.75) is 6.92 Å². The topological polar surface area (TPSA) is 38.3 Å². The first-order chi connectivity index (χ1) is 9.51. The highest BCUT2D eigenvalue weighted by Gasteiger charge is 2.11. The molecule has 0 aliphatic carbocycles. The molecule has 20 heavy (non-hydrogen) atoms. The van der Waals surface area contributed by atoms with Gasteiger partial charge in [0.25, 0.3) is 5.91 Å². The average Bonchev–Trinajstić information content (AvgIpc) is 2.38. The van der Waals surface area contributed by atoms with Crippen LogP contribution in [0.5, 0.6) is 5.75 Å². The predicted molar refractivity (Wildman–Crippen MR) is 72.0 cm³/mol. The molecule has 0 heterocycles. The van der Waals surface area contributed by atoms with Crippen molar-refractivity contribution in [2.24, 2.45) is 0 Å². The fourth-order valence-electron chi connectivity index (χ4n) is 1.82. The summed E-state index contributed by atoms with van der Waals surface area (Å²) < 4.78 is 31.3. The summed E-state index contributed by atoms with van der Waals surface area (Å²) in [6.45, 7) is 1.63. The van der Waals surface area contributed by atoms with Gasteiger partial charge in [-0.2, -0.15) is 0 Å². The van der Waals surface area contributed by atoms with Crippen molar-refractivity contribution in [3.63, 3.8) is 0 Å². The van der Waals surface area contributed by atoms with Gasteiger partial charge in [0.15, 0.2) is 11.6 Å². The van der Waals surface area contributed by atoms with E-state index in [0.29, 0.717) is 16.8 Å². The zero-order chi connectivity index (χ0) is 14.7. The summed E-state index contributed by atoms with van der Waals surface area (Å²) in [6, 6.07) is 7.97. The molecule has 2 aromatic rings. The Morgan fingerprint density at radius 3 is 2.50 bits per heavy atom. The molecule has 0 unspecified atom stereocenters. The van der Waals surface area contributed by atoms with Crippen LogP contribution in [-0.2, 0) is 0 Å². The summed E-state index contributed by atoms with van der Waals surface area (Å²) in [4.78, 5) is 12.0. The first-order valence-corrected chi connectivity index (χ1v) is 5.92. The van der Waals surface area contributed by atoms with E-state index >= 15 is 0 Å². The number of hydrogen-bond acceptors (Lipinski definition) is 2. The number of methoxy groups -OCH3 is 1. The minimum atomic E-state index is -0.568. The molecule has 2 aromatic carbocycles. The van der Waals surface area contributed by atoms with Crippen LogP contribution < -0.4 is 10.1 Å². The molecular formula is C15H13F2NO2. The van der Waals surface area contributed by atoms with Gasteiger partial charge in [0.05, 0.1) is 7.11 Å². The zero-order valence-electron chi connectivity index (χ0n) is 11.0. The predicted octanol–water partition coefficient (Wildman–Crippen LogP) is 3.53. The number of amides is 1. The number of anilines is 1. The number of carbonyl (C=O) groups is 1.